The molecular formula is C33H44N2O4. The van der Waals surface area contributed by atoms with Gasteiger partial charge in [-0.15, -0.1) is 0 Å². The molecule has 1 saturated heterocycles. The first-order valence-corrected chi connectivity index (χ1v) is 14.7. The smallest absolute Gasteiger partial charge is 0.308 e. The van der Waals surface area contributed by atoms with Gasteiger partial charge in [-0.1, -0.05) is 44.2 Å². The second kappa shape index (κ2) is 11.8. The molecule has 2 saturated carbocycles. The van der Waals surface area contributed by atoms with Gasteiger partial charge < -0.3 is 19.3 Å². The number of hydrogen-bond donors (Lipinski definition) is 0. The fourth-order valence-electron chi connectivity index (χ4n) is 7.13. The fraction of sp³-hybridized carbons (Fsp3) is 0.576. The SMILES string of the molecule is COC1C[C@@H](N(CC(C)C)C(=O)c2ccccc2)CC2(c3cccc(OC(C)=O)c3)CCN(CC3CC3)CC12. The molecule has 0 aromatic heterocycles. The maximum atomic E-state index is 14.0. The van der Waals surface area contributed by atoms with Crippen LogP contribution in [0.5, 0.6) is 5.75 Å². The Kier molecular flexibility index (Phi) is 8.43. The number of hydrogen-bond acceptors (Lipinski definition) is 5. The number of benzene rings is 2. The molecule has 2 aromatic carbocycles. The summed E-state index contributed by atoms with van der Waals surface area (Å²) >= 11 is 0. The molecule has 1 aliphatic heterocycles. The third kappa shape index (κ3) is 6.22. The number of ether oxygens (including phenoxy) is 2. The van der Waals surface area contributed by atoms with Crippen molar-refractivity contribution in [2.24, 2.45) is 17.8 Å². The summed E-state index contributed by atoms with van der Waals surface area (Å²) in [6.45, 7) is 9.71. The van der Waals surface area contributed by atoms with Gasteiger partial charge >= 0.3 is 5.97 Å². The fourth-order valence-corrected chi connectivity index (χ4v) is 7.13. The van der Waals surface area contributed by atoms with E-state index in [1.165, 1.54) is 31.9 Å². The van der Waals surface area contributed by atoms with E-state index in [1.54, 1.807) is 0 Å². The standard InChI is InChI=1S/C33H44N2O4/c1-23(2)20-35(32(37)26-9-6-5-7-10-26)28-18-31(38-4)30-22-34(21-25-13-14-25)16-15-33(30,19-28)27-11-8-12-29(17-27)39-24(3)36/h5-12,17,23,25,28,30-31H,13-16,18-22H2,1-4H3/t28-,30?,31?,33?/m1/s1. The summed E-state index contributed by atoms with van der Waals surface area (Å²) in [5, 5.41) is 0. The molecule has 1 amide bonds. The van der Waals surface area contributed by atoms with Crippen LogP contribution in [0, 0.1) is 17.8 Å². The zero-order valence-electron chi connectivity index (χ0n) is 24.0. The zero-order valence-corrected chi connectivity index (χ0v) is 24.0. The number of carbonyl (C=O) groups is 2. The van der Waals surface area contributed by atoms with Gasteiger partial charge in [0.15, 0.2) is 0 Å². The van der Waals surface area contributed by atoms with Crippen LogP contribution in [0.2, 0.25) is 0 Å². The number of esters is 1. The van der Waals surface area contributed by atoms with Gasteiger partial charge in [-0.3, -0.25) is 9.59 Å². The highest BCUT2D eigenvalue weighted by atomic mass is 16.5. The molecule has 0 N–H and O–H groups in total. The number of nitrogens with zero attached hydrogens (tertiary/aromatic N) is 2. The third-order valence-electron chi connectivity index (χ3n) is 9.06. The Bertz CT molecular complexity index is 1150. The average molecular weight is 533 g/mol. The van der Waals surface area contributed by atoms with Crippen molar-refractivity contribution in [2.75, 3.05) is 33.3 Å². The number of carbonyl (C=O) groups excluding carboxylic acids is 2. The van der Waals surface area contributed by atoms with Crippen LogP contribution in [0.4, 0.5) is 0 Å². The number of fused-ring (bicyclic) bond motifs is 1. The van der Waals surface area contributed by atoms with Gasteiger partial charge in [0.2, 0.25) is 0 Å². The van der Waals surface area contributed by atoms with Gasteiger partial charge in [0.25, 0.3) is 5.91 Å². The van der Waals surface area contributed by atoms with E-state index in [9.17, 15) is 9.59 Å². The van der Waals surface area contributed by atoms with Crippen LogP contribution in [-0.4, -0.2) is 67.1 Å². The Balaban J connectivity index is 1.53. The molecule has 3 aliphatic rings. The topological polar surface area (TPSA) is 59.1 Å². The van der Waals surface area contributed by atoms with Crippen LogP contribution in [0.25, 0.3) is 0 Å². The van der Waals surface area contributed by atoms with Crippen molar-refractivity contribution in [3.63, 3.8) is 0 Å². The molecule has 0 bridgehead atoms. The van der Waals surface area contributed by atoms with E-state index in [-0.39, 0.29) is 29.4 Å². The lowest BCUT2D eigenvalue weighted by atomic mass is 9.56. The summed E-state index contributed by atoms with van der Waals surface area (Å²) in [5.41, 5.74) is 1.76. The Hall–Kier alpha value is -2.70. The van der Waals surface area contributed by atoms with Gasteiger partial charge in [-0.05, 0) is 80.3 Å². The first-order valence-electron chi connectivity index (χ1n) is 14.7. The maximum absolute atomic E-state index is 14.0. The van der Waals surface area contributed by atoms with Crippen LogP contribution in [-0.2, 0) is 14.9 Å². The molecule has 39 heavy (non-hydrogen) atoms. The summed E-state index contributed by atoms with van der Waals surface area (Å²) in [5.74, 6) is 1.86. The lowest BCUT2D eigenvalue weighted by Crippen LogP contribution is -2.62. The van der Waals surface area contributed by atoms with E-state index >= 15 is 0 Å². The summed E-state index contributed by atoms with van der Waals surface area (Å²) in [4.78, 5) is 30.5. The van der Waals surface area contributed by atoms with Crippen LogP contribution in [0.15, 0.2) is 54.6 Å². The van der Waals surface area contributed by atoms with Gasteiger partial charge in [-0.2, -0.15) is 0 Å². The van der Waals surface area contributed by atoms with E-state index in [1.807, 2.05) is 49.6 Å². The van der Waals surface area contributed by atoms with Crippen LogP contribution < -0.4 is 4.74 Å². The molecule has 0 spiro atoms. The lowest BCUT2D eigenvalue weighted by molar-refractivity contribution is -0.131. The third-order valence-corrected chi connectivity index (χ3v) is 9.06. The molecule has 210 valence electrons. The molecule has 0 radical (unpaired) electrons. The Morgan fingerprint density at radius 1 is 1.10 bits per heavy atom. The summed E-state index contributed by atoms with van der Waals surface area (Å²) in [7, 11) is 1.83. The van der Waals surface area contributed by atoms with Gasteiger partial charge in [0, 0.05) is 56.6 Å². The van der Waals surface area contributed by atoms with Gasteiger partial charge in [-0.25, -0.2) is 0 Å². The lowest BCUT2D eigenvalue weighted by Gasteiger charge is -2.57. The van der Waals surface area contributed by atoms with Crippen LogP contribution in [0.3, 0.4) is 0 Å². The maximum Gasteiger partial charge on any atom is 0.308 e. The highest BCUT2D eigenvalue weighted by Gasteiger charge is 2.54. The van der Waals surface area contributed by atoms with Crippen molar-refractivity contribution < 1.29 is 19.1 Å². The van der Waals surface area contributed by atoms with Crippen molar-refractivity contribution in [3.05, 3.63) is 65.7 Å². The molecule has 6 heteroatoms. The van der Waals surface area contributed by atoms with Crippen molar-refractivity contribution in [1.82, 2.24) is 9.80 Å². The van der Waals surface area contributed by atoms with Crippen molar-refractivity contribution in [2.45, 2.75) is 70.4 Å². The number of piperidine rings is 1. The molecule has 3 unspecified atom stereocenters. The highest BCUT2D eigenvalue weighted by Crippen LogP contribution is 2.52. The van der Waals surface area contributed by atoms with E-state index in [0.29, 0.717) is 24.1 Å². The molecule has 2 aliphatic carbocycles. The predicted molar refractivity (Wildman–Crippen MR) is 153 cm³/mol. The number of amides is 1. The Morgan fingerprint density at radius 2 is 1.87 bits per heavy atom. The van der Waals surface area contributed by atoms with Gasteiger partial charge in [0.05, 0.1) is 6.10 Å². The van der Waals surface area contributed by atoms with E-state index in [2.05, 4.69) is 35.8 Å². The number of likely N-dealkylation sites (tertiary alicyclic amines) is 1. The molecule has 2 aromatic rings. The second-order valence-electron chi connectivity index (χ2n) is 12.4. The molecule has 1 heterocycles. The predicted octanol–water partition coefficient (Wildman–Crippen LogP) is 5.56. The van der Waals surface area contributed by atoms with Crippen molar-refractivity contribution in [3.8, 4) is 5.75 Å². The Labute approximate surface area is 233 Å². The monoisotopic (exact) mass is 532 g/mol. The Morgan fingerprint density at radius 3 is 2.54 bits per heavy atom. The molecular weight excluding hydrogens is 488 g/mol. The van der Waals surface area contributed by atoms with E-state index in [4.69, 9.17) is 9.47 Å². The zero-order chi connectivity index (χ0) is 27.6. The van der Waals surface area contributed by atoms with Crippen molar-refractivity contribution in [1.29, 1.82) is 0 Å². The minimum atomic E-state index is -0.312. The highest BCUT2D eigenvalue weighted by molar-refractivity contribution is 5.94. The molecule has 3 fully saturated rings. The minimum Gasteiger partial charge on any atom is -0.427 e. The number of rotatable bonds is 9. The van der Waals surface area contributed by atoms with E-state index in [0.717, 1.165) is 43.8 Å². The molecule has 4 atom stereocenters. The minimum absolute atomic E-state index is 0.0290. The van der Waals surface area contributed by atoms with Crippen LogP contribution >= 0.6 is 0 Å². The normalized spacial score (nSPS) is 27.2. The summed E-state index contributed by atoms with van der Waals surface area (Å²) in [6.07, 6.45) is 5.43. The molecule has 6 nitrogen and oxygen atoms in total. The number of methoxy groups -OCH3 is 1. The van der Waals surface area contributed by atoms with Crippen LogP contribution in [0.1, 0.15) is 68.8 Å². The summed E-state index contributed by atoms with van der Waals surface area (Å²) in [6, 6.07) is 17.8. The first kappa shape index (κ1) is 27.9. The van der Waals surface area contributed by atoms with Gasteiger partial charge in [0.1, 0.15) is 5.75 Å². The average Bonchev–Trinajstić information content (AvgIpc) is 3.75. The molecule has 5 rings (SSSR count). The quantitative estimate of drug-likeness (QED) is 0.313. The largest absolute Gasteiger partial charge is 0.427 e. The van der Waals surface area contributed by atoms with Crippen molar-refractivity contribution >= 4 is 11.9 Å². The second-order valence-corrected chi connectivity index (χ2v) is 12.4. The van der Waals surface area contributed by atoms with E-state index < -0.39 is 0 Å². The first-order chi connectivity index (χ1) is 18.8. The summed E-state index contributed by atoms with van der Waals surface area (Å²) < 4.78 is 11.8.